The summed E-state index contributed by atoms with van der Waals surface area (Å²) < 4.78 is 68.0. The highest BCUT2D eigenvalue weighted by molar-refractivity contribution is 7.47. The lowest BCUT2D eigenvalue weighted by molar-refractivity contribution is -0.161. The zero-order valence-electron chi connectivity index (χ0n) is 54.2. The van der Waals surface area contributed by atoms with Crippen molar-refractivity contribution in [2.45, 2.75) is 342 Å². The average molecular weight is 1240 g/mol. The Morgan fingerprint density at radius 2 is 0.548 bits per heavy atom. The maximum atomic E-state index is 13.0. The lowest BCUT2D eigenvalue weighted by Gasteiger charge is -2.21. The summed E-state index contributed by atoms with van der Waals surface area (Å²) in [5, 5.41) is 10.5. The van der Waals surface area contributed by atoms with Crippen LogP contribution in [0.5, 0.6) is 0 Å². The molecule has 0 aromatic rings. The van der Waals surface area contributed by atoms with E-state index in [0.29, 0.717) is 31.6 Å². The fraction of sp³-hybridized carbons (Fsp3) is 0.938. The molecule has 0 amide bonds. The molecule has 3 N–H and O–H groups in total. The molecule has 0 aliphatic rings. The predicted octanol–water partition coefficient (Wildman–Crippen LogP) is 18.0. The van der Waals surface area contributed by atoms with Crippen LogP contribution in [0.3, 0.4) is 0 Å². The van der Waals surface area contributed by atoms with Gasteiger partial charge in [-0.15, -0.1) is 0 Å². The molecule has 0 bridgehead atoms. The molecule has 0 saturated heterocycles. The third-order valence-electron chi connectivity index (χ3n) is 15.0. The molecule has 19 heteroatoms. The number of carbonyl (C=O) groups is 4. The molecule has 0 radical (unpaired) electrons. The van der Waals surface area contributed by atoms with E-state index in [4.69, 9.17) is 37.0 Å². The molecule has 0 aromatic heterocycles. The molecule has 0 aromatic carbocycles. The van der Waals surface area contributed by atoms with Gasteiger partial charge in [-0.3, -0.25) is 37.3 Å². The minimum Gasteiger partial charge on any atom is -0.462 e. The van der Waals surface area contributed by atoms with Gasteiger partial charge in [0.15, 0.2) is 12.2 Å². The van der Waals surface area contributed by atoms with Crippen LogP contribution in [0.2, 0.25) is 0 Å². The van der Waals surface area contributed by atoms with Gasteiger partial charge in [0.2, 0.25) is 0 Å². The number of ether oxygens (including phenoxy) is 4. The fourth-order valence-corrected chi connectivity index (χ4v) is 11.3. The highest BCUT2D eigenvalue weighted by atomic mass is 31.2. The van der Waals surface area contributed by atoms with Gasteiger partial charge in [0.1, 0.15) is 19.3 Å². The summed E-state index contributed by atoms with van der Waals surface area (Å²) >= 11 is 0. The first kappa shape index (κ1) is 82.1. The summed E-state index contributed by atoms with van der Waals surface area (Å²) in [6.45, 7) is 9.41. The van der Waals surface area contributed by atoms with Crippen molar-refractivity contribution in [2.24, 2.45) is 11.8 Å². The molecule has 84 heavy (non-hydrogen) atoms. The first-order valence-electron chi connectivity index (χ1n) is 34.0. The number of rotatable bonds is 64. The van der Waals surface area contributed by atoms with E-state index in [1.165, 1.54) is 135 Å². The van der Waals surface area contributed by atoms with Crippen LogP contribution in [0.15, 0.2) is 0 Å². The SMILES string of the molecule is CCCCCCCCCCCCCCC(=O)O[C@H](COC(=O)CCCCCCCCCCC(C)C)COP(=O)(O)OC[C@@H](O)COP(=O)(O)OC[C@@H](COC(=O)CCCCCCCCCC(C)C)OC(=O)CCCCCCCCCCCCC. The fourth-order valence-electron chi connectivity index (χ4n) is 9.71. The summed E-state index contributed by atoms with van der Waals surface area (Å²) in [6, 6.07) is 0. The summed E-state index contributed by atoms with van der Waals surface area (Å²) in [4.78, 5) is 72.3. The second-order valence-electron chi connectivity index (χ2n) is 24.5. The van der Waals surface area contributed by atoms with E-state index in [1.807, 2.05) is 0 Å². The van der Waals surface area contributed by atoms with Gasteiger partial charge in [0, 0.05) is 25.7 Å². The van der Waals surface area contributed by atoms with Gasteiger partial charge < -0.3 is 33.8 Å². The summed E-state index contributed by atoms with van der Waals surface area (Å²) in [5.41, 5.74) is 0. The maximum absolute atomic E-state index is 13.0. The van der Waals surface area contributed by atoms with Crippen molar-refractivity contribution in [1.82, 2.24) is 0 Å². The number of carbonyl (C=O) groups excluding carboxylic acids is 4. The van der Waals surface area contributed by atoms with E-state index in [-0.39, 0.29) is 25.7 Å². The predicted molar refractivity (Wildman–Crippen MR) is 335 cm³/mol. The van der Waals surface area contributed by atoms with Crippen molar-refractivity contribution in [2.75, 3.05) is 39.6 Å². The van der Waals surface area contributed by atoms with Crippen LogP contribution in [0, 0.1) is 11.8 Å². The van der Waals surface area contributed by atoms with Crippen LogP contribution in [0.4, 0.5) is 0 Å². The minimum atomic E-state index is -4.94. The Kier molecular flexibility index (Phi) is 56.2. The Morgan fingerprint density at radius 3 is 0.810 bits per heavy atom. The Labute approximate surface area is 511 Å². The van der Waals surface area contributed by atoms with Crippen LogP contribution in [0.1, 0.15) is 324 Å². The number of phosphoric ester groups is 2. The number of aliphatic hydroxyl groups excluding tert-OH is 1. The van der Waals surface area contributed by atoms with Crippen LogP contribution < -0.4 is 0 Å². The lowest BCUT2D eigenvalue weighted by atomic mass is 10.0. The second kappa shape index (κ2) is 57.5. The van der Waals surface area contributed by atoms with E-state index in [1.54, 1.807) is 0 Å². The quantitative estimate of drug-likeness (QED) is 0.0222. The molecule has 0 fully saturated rings. The van der Waals surface area contributed by atoms with Crippen LogP contribution in [0.25, 0.3) is 0 Å². The lowest BCUT2D eigenvalue weighted by Crippen LogP contribution is -2.30. The van der Waals surface area contributed by atoms with Crippen molar-refractivity contribution in [3.05, 3.63) is 0 Å². The zero-order chi connectivity index (χ0) is 62.2. The largest absolute Gasteiger partial charge is 0.472 e. The van der Waals surface area contributed by atoms with Gasteiger partial charge in [0.25, 0.3) is 0 Å². The molecular formula is C65H126O17P2. The number of esters is 4. The van der Waals surface area contributed by atoms with Gasteiger partial charge in [-0.05, 0) is 37.5 Å². The van der Waals surface area contributed by atoms with Crippen LogP contribution in [-0.4, -0.2) is 96.7 Å². The van der Waals surface area contributed by atoms with Gasteiger partial charge in [-0.25, -0.2) is 9.13 Å². The van der Waals surface area contributed by atoms with Gasteiger partial charge >= 0.3 is 39.5 Å². The standard InChI is InChI=1S/C65H126O17P2/c1-7-9-11-13-15-17-19-21-23-31-38-44-50-65(70)81-60(53-75-62(67)47-41-35-29-25-24-27-33-39-45-57(3)4)55-79-83(71,72)77-51-59(66)52-78-84(73,74)80-56-61(54-76-63(68)48-42-36-32-26-28-34-40-46-58(5)6)82-64(69)49-43-37-30-22-20-18-16-14-12-10-8-2/h57-61,66H,7-56H2,1-6H3,(H,71,72)(H,73,74)/t59-,60-,61-/m1/s1. The topological polar surface area (TPSA) is 237 Å². The van der Waals surface area contributed by atoms with Gasteiger partial charge in [0.05, 0.1) is 26.4 Å². The zero-order valence-corrected chi connectivity index (χ0v) is 56.0. The number of hydrogen-bond donors (Lipinski definition) is 3. The Morgan fingerprint density at radius 1 is 0.321 bits per heavy atom. The number of unbranched alkanes of at least 4 members (excludes halogenated alkanes) is 34. The molecule has 2 unspecified atom stereocenters. The number of phosphoric acid groups is 2. The van der Waals surface area contributed by atoms with Crippen molar-refractivity contribution in [3.63, 3.8) is 0 Å². The molecule has 0 saturated carbocycles. The molecule has 17 nitrogen and oxygen atoms in total. The molecule has 0 heterocycles. The van der Waals surface area contributed by atoms with Crippen molar-refractivity contribution >= 4 is 39.5 Å². The molecule has 0 spiro atoms. The molecule has 0 rings (SSSR count). The van der Waals surface area contributed by atoms with Crippen LogP contribution in [-0.2, 0) is 65.4 Å². The first-order chi connectivity index (χ1) is 40.4. The second-order valence-corrected chi connectivity index (χ2v) is 27.4. The summed E-state index contributed by atoms with van der Waals surface area (Å²) in [6.07, 6.45) is 40.3. The minimum absolute atomic E-state index is 0.106. The molecule has 0 aliphatic carbocycles. The van der Waals surface area contributed by atoms with E-state index in [9.17, 15) is 43.2 Å². The van der Waals surface area contributed by atoms with Crippen LogP contribution >= 0.6 is 15.6 Å². The van der Waals surface area contributed by atoms with Crippen molar-refractivity contribution in [1.29, 1.82) is 0 Å². The molecule has 5 atom stereocenters. The molecule has 498 valence electrons. The van der Waals surface area contributed by atoms with E-state index >= 15 is 0 Å². The summed E-state index contributed by atoms with van der Waals surface area (Å²) in [7, 11) is -9.89. The third-order valence-corrected chi connectivity index (χ3v) is 16.9. The van der Waals surface area contributed by atoms with Crippen molar-refractivity contribution < 1.29 is 80.2 Å². The third kappa shape index (κ3) is 59.0. The molecular weight excluding hydrogens is 1110 g/mol. The van der Waals surface area contributed by atoms with Gasteiger partial charge in [-0.1, -0.05) is 273 Å². The maximum Gasteiger partial charge on any atom is 0.472 e. The monoisotopic (exact) mass is 1240 g/mol. The Bertz CT molecular complexity index is 1650. The normalized spacial score (nSPS) is 14.3. The van der Waals surface area contributed by atoms with E-state index in [0.717, 1.165) is 102 Å². The highest BCUT2D eigenvalue weighted by Crippen LogP contribution is 2.45. The van der Waals surface area contributed by atoms with Gasteiger partial charge in [-0.2, -0.15) is 0 Å². The highest BCUT2D eigenvalue weighted by Gasteiger charge is 2.30. The number of aliphatic hydroxyl groups is 1. The first-order valence-corrected chi connectivity index (χ1v) is 37.0. The smallest absolute Gasteiger partial charge is 0.462 e. The Balaban J connectivity index is 5.25. The Hall–Kier alpha value is -1.94. The molecule has 0 aliphatic heterocycles. The summed E-state index contributed by atoms with van der Waals surface area (Å²) in [5.74, 6) is -0.700. The average Bonchev–Trinajstić information content (AvgIpc) is 3.45. The van der Waals surface area contributed by atoms with Crippen molar-refractivity contribution in [3.8, 4) is 0 Å². The van der Waals surface area contributed by atoms with E-state index < -0.39 is 97.5 Å². The number of hydrogen-bond acceptors (Lipinski definition) is 15. The van der Waals surface area contributed by atoms with E-state index in [2.05, 4.69) is 41.5 Å².